The summed E-state index contributed by atoms with van der Waals surface area (Å²) in [5.41, 5.74) is -0.0860. The molecule has 0 aliphatic carbocycles. The summed E-state index contributed by atoms with van der Waals surface area (Å²) in [5.74, 6) is -1.91. The highest BCUT2D eigenvalue weighted by molar-refractivity contribution is 7.92. The third-order valence-electron chi connectivity index (χ3n) is 2.56. The molecule has 0 saturated heterocycles. The van der Waals surface area contributed by atoms with Crippen LogP contribution in [0.1, 0.15) is 10.4 Å². The van der Waals surface area contributed by atoms with E-state index in [2.05, 4.69) is 4.72 Å². The smallest absolute Gasteiger partial charge is 0.335 e. The van der Waals surface area contributed by atoms with Crippen molar-refractivity contribution in [2.75, 3.05) is 4.72 Å². The van der Waals surface area contributed by atoms with Crippen LogP contribution in [-0.2, 0) is 10.0 Å². The number of carbonyl (C=O) groups is 1. The van der Waals surface area contributed by atoms with Gasteiger partial charge in [0.05, 0.1) is 21.2 Å². The summed E-state index contributed by atoms with van der Waals surface area (Å²) in [5, 5.41) is 8.63. The molecule has 0 aliphatic heterocycles. The van der Waals surface area contributed by atoms with Gasteiger partial charge in [-0.1, -0.05) is 17.7 Å². The lowest BCUT2D eigenvalue weighted by Gasteiger charge is -2.09. The molecule has 0 fully saturated rings. The molecule has 0 unspecified atom stereocenters. The molecule has 0 aromatic heterocycles. The van der Waals surface area contributed by atoms with Crippen molar-refractivity contribution in [2.45, 2.75) is 4.90 Å². The number of hydrogen-bond acceptors (Lipinski definition) is 3. The first kappa shape index (κ1) is 15.3. The van der Waals surface area contributed by atoms with Crippen LogP contribution in [0.3, 0.4) is 0 Å². The first-order valence-corrected chi connectivity index (χ1v) is 7.47. The minimum absolute atomic E-state index is 0.0714. The molecule has 0 aliphatic rings. The van der Waals surface area contributed by atoms with Crippen LogP contribution in [0.2, 0.25) is 5.02 Å². The first-order chi connectivity index (χ1) is 9.79. The largest absolute Gasteiger partial charge is 0.478 e. The van der Waals surface area contributed by atoms with Crippen molar-refractivity contribution in [1.82, 2.24) is 0 Å². The van der Waals surface area contributed by atoms with Crippen LogP contribution < -0.4 is 4.72 Å². The highest BCUT2D eigenvalue weighted by Gasteiger charge is 2.16. The van der Waals surface area contributed by atoms with Crippen molar-refractivity contribution in [3.05, 3.63) is 58.9 Å². The van der Waals surface area contributed by atoms with Gasteiger partial charge in [0.2, 0.25) is 0 Å². The summed E-state index contributed by atoms with van der Waals surface area (Å²) < 4.78 is 39.5. The van der Waals surface area contributed by atoms with Gasteiger partial charge in [0.1, 0.15) is 5.82 Å². The van der Waals surface area contributed by atoms with E-state index < -0.39 is 21.8 Å². The highest BCUT2D eigenvalue weighted by Crippen LogP contribution is 2.22. The molecule has 0 amide bonds. The number of sulfonamides is 1. The first-order valence-electron chi connectivity index (χ1n) is 5.61. The average Bonchev–Trinajstić information content (AvgIpc) is 2.43. The van der Waals surface area contributed by atoms with Gasteiger partial charge in [0.15, 0.2) is 0 Å². The molecule has 0 spiro atoms. The van der Waals surface area contributed by atoms with Crippen molar-refractivity contribution in [2.24, 2.45) is 0 Å². The Hall–Kier alpha value is -2.12. The van der Waals surface area contributed by atoms with E-state index in [9.17, 15) is 17.6 Å². The molecule has 8 heteroatoms. The molecule has 2 N–H and O–H groups in total. The van der Waals surface area contributed by atoms with Gasteiger partial charge in [0.25, 0.3) is 10.0 Å². The number of benzene rings is 2. The Morgan fingerprint density at radius 1 is 1.19 bits per heavy atom. The Morgan fingerprint density at radius 2 is 1.90 bits per heavy atom. The van der Waals surface area contributed by atoms with Gasteiger partial charge in [-0.3, -0.25) is 4.72 Å². The summed E-state index contributed by atoms with van der Waals surface area (Å²) in [6.45, 7) is 0. The fourth-order valence-electron chi connectivity index (χ4n) is 1.57. The molecule has 2 rings (SSSR count). The molecule has 0 atom stereocenters. The summed E-state index contributed by atoms with van der Waals surface area (Å²) in [7, 11) is -3.99. The van der Waals surface area contributed by atoms with E-state index in [1.807, 2.05) is 0 Å². The van der Waals surface area contributed by atoms with Gasteiger partial charge in [0, 0.05) is 0 Å². The monoisotopic (exact) mass is 329 g/mol. The fraction of sp³-hybridized carbons (Fsp3) is 0. The number of rotatable bonds is 4. The molecule has 0 heterocycles. The van der Waals surface area contributed by atoms with E-state index in [4.69, 9.17) is 16.7 Å². The van der Waals surface area contributed by atoms with Gasteiger partial charge in [-0.2, -0.15) is 0 Å². The van der Waals surface area contributed by atoms with E-state index in [0.717, 1.165) is 18.2 Å². The minimum atomic E-state index is -3.99. The number of hydrogen-bond donors (Lipinski definition) is 2. The van der Waals surface area contributed by atoms with Crippen LogP contribution in [0, 0.1) is 5.82 Å². The summed E-state index contributed by atoms with van der Waals surface area (Å²) in [6, 6.07) is 8.21. The van der Waals surface area contributed by atoms with Crippen LogP contribution in [0.25, 0.3) is 0 Å². The predicted octanol–water partition coefficient (Wildman–Crippen LogP) is 2.98. The van der Waals surface area contributed by atoms with Gasteiger partial charge in [-0.25, -0.2) is 17.6 Å². The van der Waals surface area contributed by atoms with Gasteiger partial charge in [-0.15, -0.1) is 0 Å². The van der Waals surface area contributed by atoms with E-state index in [-0.39, 0.29) is 21.2 Å². The Balaban J connectivity index is 2.36. The molecule has 5 nitrogen and oxygen atoms in total. The van der Waals surface area contributed by atoms with Crippen LogP contribution in [0.4, 0.5) is 10.1 Å². The summed E-state index contributed by atoms with van der Waals surface area (Å²) in [6.07, 6.45) is 0. The Bertz CT molecular complexity index is 808. The lowest BCUT2D eigenvalue weighted by Crippen LogP contribution is -2.13. The summed E-state index contributed by atoms with van der Waals surface area (Å²) >= 11 is 5.57. The van der Waals surface area contributed by atoms with Crippen LogP contribution in [0.5, 0.6) is 0 Å². The molecule has 21 heavy (non-hydrogen) atoms. The molecule has 0 saturated carbocycles. The molecule has 0 bridgehead atoms. The highest BCUT2D eigenvalue weighted by atomic mass is 35.5. The van der Waals surface area contributed by atoms with Gasteiger partial charge < -0.3 is 5.11 Å². The zero-order valence-electron chi connectivity index (χ0n) is 10.4. The topological polar surface area (TPSA) is 83.5 Å². The van der Waals surface area contributed by atoms with Gasteiger partial charge >= 0.3 is 5.97 Å². The standard InChI is InChI=1S/C13H9ClFNO4S/c14-11-7-9(4-5-12(11)15)16-21(19,20)10-3-1-2-8(6-10)13(17)18/h1-7,16H,(H,17,18). The Labute approximate surface area is 125 Å². The molecule has 110 valence electrons. The number of nitrogens with one attached hydrogen (secondary N) is 1. The van der Waals surface area contributed by atoms with Gasteiger partial charge in [-0.05, 0) is 36.4 Å². The van der Waals surface area contributed by atoms with Crippen molar-refractivity contribution in [3.63, 3.8) is 0 Å². The molecule has 2 aromatic rings. The predicted molar refractivity (Wildman–Crippen MR) is 75.6 cm³/mol. The van der Waals surface area contributed by atoms with E-state index in [1.165, 1.54) is 24.3 Å². The van der Waals surface area contributed by atoms with Crippen LogP contribution in [0.15, 0.2) is 47.4 Å². The number of halogens is 2. The molecule has 0 radical (unpaired) electrons. The Morgan fingerprint density at radius 3 is 2.52 bits per heavy atom. The number of aromatic carboxylic acids is 1. The third-order valence-corrected chi connectivity index (χ3v) is 4.23. The fourth-order valence-corrected chi connectivity index (χ4v) is 2.85. The quantitative estimate of drug-likeness (QED) is 0.903. The van der Waals surface area contributed by atoms with Crippen molar-refractivity contribution < 1.29 is 22.7 Å². The second kappa shape index (κ2) is 5.71. The molecular formula is C13H9ClFNO4S. The third kappa shape index (κ3) is 3.50. The minimum Gasteiger partial charge on any atom is -0.478 e. The van der Waals surface area contributed by atoms with Crippen molar-refractivity contribution in [1.29, 1.82) is 0 Å². The second-order valence-electron chi connectivity index (χ2n) is 4.07. The zero-order valence-corrected chi connectivity index (χ0v) is 12.0. The molecule has 2 aromatic carbocycles. The Kier molecular flexibility index (Phi) is 4.15. The van der Waals surface area contributed by atoms with E-state index in [1.54, 1.807) is 0 Å². The number of carboxylic acids is 1. The maximum atomic E-state index is 13.0. The molecular weight excluding hydrogens is 321 g/mol. The van der Waals surface area contributed by atoms with Crippen LogP contribution >= 0.6 is 11.6 Å². The number of anilines is 1. The van der Waals surface area contributed by atoms with Crippen molar-refractivity contribution >= 4 is 33.3 Å². The van der Waals surface area contributed by atoms with E-state index >= 15 is 0 Å². The maximum absolute atomic E-state index is 13.0. The summed E-state index contributed by atoms with van der Waals surface area (Å²) in [4.78, 5) is 10.6. The number of carboxylic acid groups (broad SMARTS) is 1. The lowest BCUT2D eigenvalue weighted by atomic mass is 10.2. The lowest BCUT2D eigenvalue weighted by molar-refractivity contribution is 0.0696. The second-order valence-corrected chi connectivity index (χ2v) is 6.16. The van der Waals surface area contributed by atoms with Crippen molar-refractivity contribution in [3.8, 4) is 0 Å². The average molecular weight is 330 g/mol. The normalized spacial score (nSPS) is 11.1. The maximum Gasteiger partial charge on any atom is 0.335 e. The zero-order chi connectivity index (χ0) is 15.6. The van der Waals surface area contributed by atoms with E-state index in [0.29, 0.717) is 0 Å². The SMILES string of the molecule is O=C(O)c1cccc(S(=O)(=O)Nc2ccc(F)c(Cl)c2)c1. The van der Waals surface area contributed by atoms with Crippen LogP contribution in [-0.4, -0.2) is 19.5 Å².